The molecule has 1 aliphatic rings. The molecule has 0 aliphatic carbocycles. The number of amides is 1. The second-order valence-corrected chi connectivity index (χ2v) is 3.10. The fourth-order valence-corrected chi connectivity index (χ4v) is 1.13. The second-order valence-electron chi connectivity index (χ2n) is 3.10. The molecule has 8 heteroatoms. The topological polar surface area (TPSA) is 70.9 Å². The minimum absolute atomic E-state index is 0.311. The molecule has 1 amide bonds. The first-order chi connectivity index (χ1) is 6.79. The monoisotopic (exact) mass is 226 g/mol. The molecular weight excluding hydrogens is 217 g/mol. The molecule has 86 valence electrons. The number of hydrogen-bond acceptors (Lipinski definition) is 3. The van der Waals surface area contributed by atoms with Crippen LogP contribution in [0, 0.1) is 0 Å². The maximum atomic E-state index is 12.3. The van der Waals surface area contributed by atoms with Gasteiger partial charge in [-0.25, -0.2) is 15.1 Å². The summed E-state index contributed by atoms with van der Waals surface area (Å²) in [7, 11) is 0. The molecule has 0 bridgehead atoms. The van der Waals surface area contributed by atoms with Crippen LogP contribution in [0.15, 0.2) is 4.99 Å². The summed E-state index contributed by atoms with van der Waals surface area (Å²) < 4.78 is 41.2. The SMILES string of the molecule is CC1CC(C(F)(F)F)OC(NC(=O)O)=N1. The minimum Gasteiger partial charge on any atom is -0.465 e. The highest BCUT2D eigenvalue weighted by Crippen LogP contribution is 2.29. The molecule has 5 nitrogen and oxygen atoms in total. The number of halogens is 3. The minimum atomic E-state index is -4.52. The van der Waals surface area contributed by atoms with E-state index in [4.69, 9.17) is 5.11 Å². The fraction of sp³-hybridized carbons (Fsp3) is 0.714. The molecule has 2 atom stereocenters. The number of aliphatic imine (C=N–C) groups is 1. The summed E-state index contributed by atoms with van der Waals surface area (Å²) in [6, 6.07) is -1.24. The molecule has 2 unspecified atom stereocenters. The van der Waals surface area contributed by atoms with Gasteiger partial charge in [0, 0.05) is 6.42 Å². The van der Waals surface area contributed by atoms with E-state index < -0.39 is 30.4 Å². The van der Waals surface area contributed by atoms with E-state index in [2.05, 4.69) is 9.73 Å². The Morgan fingerprint density at radius 3 is 2.73 bits per heavy atom. The maximum Gasteiger partial charge on any atom is 0.425 e. The predicted octanol–water partition coefficient (Wildman–Crippen LogP) is 1.35. The maximum absolute atomic E-state index is 12.3. The van der Waals surface area contributed by atoms with Crippen molar-refractivity contribution in [1.29, 1.82) is 0 Å². The van der Waals surface area contributed by atoms with Crippen LogP contribution in [0.5, 0.6) is 0 Å². The molecule has 0 saturated heterocycles. The highest BCUT2D eigenvalue weighted by Gasteiger charge is 2.45. The molecule has 0 fully saturated rings. The Morgan fingerprint density at radius 2 is 2.27 bits per heavy atom. The number of hydrogen-bond donors (Lipinski definition) is 2. The van der Waals surface area contributed by atoms with Crippen LogP contribution in [0.3, 0.4) is 0 Å². The molecule has 0 aromatic heterocycles. The Labute approximate surface area is 82.9 Å². The van der Waals surface area contributed by atoms with Gasteiger partial charge in [0.15, 0.2) is 6.10 Å². The van der Waals surface area contributed by atoms with Crippen molar-refractivity contribution in [2.45, 2.75) is 31.7 Å². The Morgan fingerprint density at radius 1 is 1.67 bits per heavy atom. The number of rotatable bonds is 0. The smallest absolute Gasteiger partial charge is 0.425 e. The standard InChI is InChI=1S/C7H9F3N2O3/c1-3-2-4(7(8,9)10)15-5(11-3)12-6(13)14/h3-4H,2H2,1H3,(H,11,12)(H,13,14). The summed E-state index contributed by atoms with van der Waals surface area (Å²) in [6.07, 6.45) is -8.35. The molecule has 2 N–H and O–H groups in total. The van der Waals surface area contributed by atoms with Gasteiger partial charge in [-0.05, 0) is 6.92 Å². The van der Waals surface area contributed by atoms with E-state index in [1.165, 1.54) is 6.92 Å². The van der Waals surface area contributed by atoms with Gasteiger partial charge in [0.1, 0.15) is 0 Å². The molecule has 15 heavy (non-hydrogen) atoms. The zero-order valence-corrected chi connectivity index (χ0v) is 7.71. The van der Waals surface area contributed by atoms with E-state index in [9.17, 15) is 18.0 Å². The largest absolute Gasteiger partial charge is 0.465 e. The summed E-state index contributed by atoms with van der Waals surface area (Å²) in [5.74, 6) is 0. The number of carboxylic acid groups (broad SMARTS) is 1. The van der Waals surface area contributed by atoms with Gasteiger partial charge in [0.25, 0.3) is 6.02 Å². The average Bonchev–Trinajstić information content (AvgIpc) is 1.99. The Kier molecular flexibility index (Phi) is 3.06. The van der Waals surface area contributed by atoms with Crippen molar-refractivity contribution >= 4 is 12.1 Å². The third-order valence-electron chi connectivity index (χ3n) is 1.73. The van der Waals surface area contributed by atoms with Gasteiger partial charge in [-0.3, -0.25) is 0 Å². The normalized spacial score (nSPS) is 26.5. The number of amidine groups is 1. The van der Waals surface area contributed by atoms with Crippen molar-refractivity contribution in [2.75, 3.05) is 0 Å². The summed E-state index contributed by atoms with van der Waals surface area (Å²) in [4.78, 5) is 13.8. The summed E-state index contributed by atoms with van der Waals surface area (Å²) in [5, 5.41) is 9.95. The van der Waals surface area contributed by atoms with Crippen LogP contribution >= 0.6 is 0 Å². The quantitative estimate of drug-likeness (QED) is 0.654. The van der Waals surface area contributed by atoms with Crippen LogP contribution in [0.4, 0.5) is 18.0 Å². The van der Waals surface area contributed by atoms with Crippen molar-refractivity contribution in [3.05, 3.63) is 0 Å². The van der Waals surface area contributed by atoms with Gasteiger partial charge >= 0.3 is 12.3 Å². The van der Waals surface area contributed by atoms with E-state index in [-0.39, 0.29) is 6.42 Å². The molecule has 0 saturated carbocycles. The second kappa shape index (κ2) is 3.95. The van der Waals surface area contributed by atoms with Crippen molar-refractivity contribution in [2.24, 2.45) is 4.99 Å². The Hall–Kier alpha value is -1.47. The van der Waals surface area contributed by atoms with Gasteiger partial charge < -0.3 is 9.84 Å². The third kappa shape index (κ3) is 3.30. The lowest BCUT2D eigenvalue weighted by Crippen LogP contribution is -2.45. The summed E-state index contributed by atoms with van der Waals surface area (Å²) in [5.41, 5.74) is 0. The zero-order chi connectivity index (χ0) is 11.6. The highest BCUT2D eigenvalue weighted by molar-refractivity contribution is 5.89. The highest BCUT2D eigenvalue weighted by atomic mass is 19.4. The van der Waals surface area contributed by atoms with Crippen molar-refractivity contribution in [1.82, 2.24) is 5.32 Å². The lowest BCUT2D eigenvalue weighted by atomic mass is 10.1. The van der Waals surface area contributed by atoms with Gasteiger partial charge in [0.05, 0.1) is 6.04 Å². The lowest BCUT2D eigenvalue weighted by molar-refractivity contribution is -0.204. The van der Waals surface area contributed by atoms with Gasteiger partial charge in [-0.1, -0.05) is 0 Å². The molecule has 1 aliphatic heterocycles. The Bertz CT molecular complexity index is 290. The number of ether oxygens (including phenoxy) is 1. The first-order valence-corrected chi connectivity index (χ1v) is 4.10. The van der Waals surface area contributed by atoms with E-state index in [1.807, 2.05) is 0 Å². The van der Waals surface area contributed by atoms with Crippen LogP contribution in [0.1, 0.15) is 13.3 Å². The average molecular weight is 226 g/mol. The van der Waals surface area contributed by atoms with E-state index in [0.717, 1.165) is 0 Å². The van der Waals surface area contributed by atoms with E-state index in [1.54, 1.807) is 5.32 Å². The zero-order valence-electron chi connectivity index (χ0n) is 7.71. The number of nitrogens with zero attached hydrogens (tertiary/aromatic N) is 1. The van der Waals surface area contributed by atoms with Crippen molar-refractivity contribution in [3.63, 3.8) is 0 Å². The van der Waals surface area contributed by atoms with E-state index >= 15 is 0 Å². The molecule has 1 rings (SSSR count). The third-order valence-corrected chi connectivity index (χ3v) is 1.73. The first-order valence-electron chi connectivity index (χ1n) is 4.10. The molecule has 0 aromatic rings. The summed E-state index contributed by atoms with van der Waals surface area (Å²) in [6.45, 7) is 1.45. The van der Waals surface area contributed by atoms with Crippen LogP contribution in [-0.4, -0.2) is 35.5 Å². The van der Waals surface area contributed by atoms with Gasteiger partial charge in [-0.2, -0.15) is 13.2 Å². The first kappa shape index (κ1) is 11.6. The van der Waals surface area contributed by atoms with Crippen LogP contribution in [0.25, 0.3) is 0 Å². The van der Waals surface area contributed by atoms with E-state index in [0.29, 0.717) is 0 Å². The van der Waals surface area contributed by atoms with Crippen molar-refractivity contribution in [3.8, 4) is 0 Å². The number of carbonyl (C=O) groups is 1. The molecular formula is C7H9F3N2O3. The van der Waals surface area contributed by atoms with Gasteiger partial charge in [-0.15, -0.1) is 0 Å². The number of nitrogens with one attached hydrogen (secondary N) is 1. The van der Waals surface area contributed by atoms with Crippen LogP contribution in [0.2, 0.25) is 0 Å². The number of alkyl halides is 3. The van der Waals surface area contributed by atoms with Crippen LogP contribution in [-0.2, 0) is 4.74 Å². The molecule has 1 heterocycles. The predicted molar refractivity (Wildman–Crippen MR) is 43.6 cm³/mol. The Balaban J connectivity index is 2.72. The molecule has 0 aromatic carbocycles. The molecule has 0 spiro atoms. The lowest BCUT2D eigenvalue weighted by Gasteiger charge is -2.27. The van der Waals surface area contributed by atoms with Crippen LogP contribution < -0.4 is 5.32 Å². The molecule has 0 radical (unpaired) electrons. The van der Waals surface area contributed by atoms with Crippen molar-refractivity contribution < 1.29 is 27.8 Å². The summed E-state index contributed by atoms with van der Waals surface area (Å²) >= 11 is 0. The van der Waals surface area contributed by atoms with Gasteiger partial charge in [0.2, 0.25) is 0 Å². The fourth-order valence-electron chi connectivity index (χ4n) is 1.13.